The van der Waals surface area contributed by atoms with E-state index in [-0.39, 0.29) is 0 Å². The highest BCUT2D eigenvalue weighted by molar-refractivity contribution is 5.46. The molecule has 1 aliphatic heterocycles. The van der Waals surface area contributed by atoms with E-state index in [1.807, 2.05) is 18.2 Å². The molecule has 94 valence electrons. The Balaban J connectivity index is 2.04. The molecule has 0 radical (unpaired) electrons. The molecule has 2 heterocycles. The highest BCUT2D eigenvalue weighted by atomic mass is 16.5. The summed E-state index contributed by atoms with van der Waals surface area (Å²) >= 11 is 0. The number of rotatable bonds is 5. The number of hydrazine groups is 1. The van der Waals surface area contributed by atoms with Gasteiger partial charge in [0.25, 0.3) is 0 Å². The summed E-state index contributed by atoms with van der Waals surface area (Å²) in [6.45, 7) is 4.83. The molecular formula is C12H20N4O. The van der Waals surface area contributed by atoms with Gasteiger partial charge < -0.3 is 15.1 Å². The van der Waals surface area contributed by atoms with Gasteiger partial charge >= 0.3 is 0 Å². The Hall–Kier alpha value is -1.33. The lowest BCUT2D eigenvalue weighted by molar-refractivity contribution is 0.115. The minimum Gasteiger partial charge on any atom is -0.376 e. The fraction of sp³-hybridized carbons (Fsp3) is 0.583. The zero-order valence-electron chi connectivity index (χ0n) is 10.2. The maximum atomic E-state index is 5.65. The molecule has 1 atom stereocenters. The van der Waals surface area contributed by atoms with Gasteiger partial charge in [-0.2, -0.15) is 0 Å². The first kappa shape index (κ1) is 12.1. The van der Waals surface area contributed by atoms with Crippen molar-refractivity contribution in [3.05, 3.63) is 18.2 Å². The van der Waals surface area contributed by atoms with E-state index in [1.54, 1.807) is 0 Å². The fourth-order valence-electron chi connectivity index (χ4n) is 2.10. The van der Waals surface area contributed by atoms with Gasteiger partial charge in [-0.05, 0) is 31.9 Å². The Morgan fingerprint density at radius 1 is 1.59 bits per heavy atom. The lowest BCUT2D eigenvalue weighted by atomic mass is 10.2. The van der Waals surface area contributed by atoms with Crippen LogP contribution in [-0.2, 0) is 4.74 Å². The van der Waals surface area contributed by atoms with E-state index in [2.05, 4.69) is 22.2 Å². The van der Waals surface area contributed by atoms with Crippen molar-refractivity contribution < 1.29 is 4.74 Å². The first-order valence-corrected chi connectivity index (χ1v) is 6.13. The monoisotopic (exact) mass is 236 g/mol. The van der Waals surface area contributed by atoms with Gasteiger partial charge in [-0.15, -0.1) is 0 Å². The lowest BCUT2D eigenvalue weighted by Crippen LogP contribution is -2.32. The van der Waals surface area contributed by atoms with Crippen molar-refractivity contribution in [2.24, 2.45) is 5.84 Å². The molecular weight excluding hydrogens is 216 g/mol. The highest BCUT2D eigenvalue weighted by Crippen LogP contribution is 2.18. The molecule has 5 heteroatoms. The molecule has 1 unspecified atom stereocenters. The predicted molar refractivity (Wildman–Crippen MR) is 68.9 cm³/mol. The second-order valence-corrected chi connectivity index (χ2v) is 4.20. The van der Waals surface area contributed by atoms with Crippen LogP contribution in [0.1, 0.15) is 19.8 Å². The van der Waals surface area contributed by atoms with Gasteiger partial charge in [0, 0.05) is 19.7 Å². The number of nitrogen functional groups attached to an aromatic ring is 1. The van der Waals surface area contributed by atoms with Crippen molar-refractivity contribution in [1.29, 1.82) is 0 Å². The van der Waals surface area contributed by atoms with Gasteiger partial charge in [0.15, 0.2) is 0 Å². The highest BCUT2D eigenvalue weighted by Gasteiger charge is 2.19. The third-order valence-corrected chi connectivity index (χ3v) is 3.04. The molecule has 0 amide bonds. The van der Waals surface area contributed by atoms with Crippen LogP contribution in [0.2, 0.25) is 0 Å². The summed E-state index contributed by atoms with van der Waals surface area (Å²) in [5.41, 5.74) is 2.57. The van der Waals surface area contributed by atoms with Gasteiger partial charge in [-0.1, -0.05) is 6.07 Å². The number of nitrogens with zero attached hydrogens (tertiary/aromatic N) is 2. The van der Waals surface area contributed by atoms with E-state index in [1.165, 1.54) is 6.42 Å². The normalized spacial score (nSPS) is 19.3. The van der Waals surface area contributed by atoms with Crippen LogP contribution in [-0.4, -0.2) is 30.8 Å². The van der Waals surface area contributed by atoms with Crippen LogP contribution in [0.15, 0.2) is 18.2 Å². The predicted octanol–water partition coefficient (Wildman–Crippen LogP) is 1.37. The summed E-state index contributed by atoms with van der Waals surface area (Å²) in [6.07, 6.45) is 2.65. The minimum absolute atomic E-state index is 0.339. The number of likely N-dealkylation sites (N-methyl/N-ethyl adjacent to an activating group) is 1. The van der Waals surface area contributed by atoms with Crippen LogP contribution in [0, 0.1) is 0 Å². The van der Waals surface area contributed by atoms with Crippen LogP contribution in [0.5, 0.6) is 0 Å². The molecule has 1 fully saturated rings. The zero-order chi connectivity index (χ0) is 12.1. The minimum atomic E-state index is 0.339. The van der Waals surface area contributed by atoms with Crippen molar-refractivity contribution in [3.8, 4) is 0 Å². The molecule has 0 aromatic carbocycles. The van der Waals surface area contributed by atoms with Crippen LogP contribution in [0.3, 0.4) is 0 Å². The maximum absolute atomic E-state index is 5.65. The number of ether oxygens (including phenoxy) is 1. The van der Waals surface area contributed by atoms with Crippen LogP contribution < -0.4 is 16.2 Å². The van der Waals surface area contributed by atoms with Crippen LogP contribution >= 0.6 is 0 Å². The third kappa shape index (κ3) is 3.08. The number of hydrogen-bond donors (Lipinski definition) is 2. The molecule has 0 spiro atoms. The number of hydrogen-bond acceptors (Lipinski definition) is 5. The second kappa shape index (κ2) is 5.84. The summed E-state index contributed by atoms with van der Waals surface area (Å²) in [4.78, 5) is 6.66. The topological polar surface area (TPSA) is 63.4 Å². The van der Waals surface area contributed by atoms with E-state index >= 15 is 0 Å². The molecule has 2 rings (SSSR count). The van der Waals surface area contributed by atoms with Crippen LogP contribution in [0.25, 0.3) is 0 Å². The SMILES string of the molecule is CCN(CC1CCCO1)c1cccc(NN)n1. The summed E-state index contributed by atoms with van der Waals surface area (Å²) in [6, 6.07) is 5.80. The van der Waals surface area contributed by atoms with Gasteiger partial charge in [0.05, 0.1) is 6.10 Å². The van der Waals surface area contributed by atoms with Gasteiger partial charge in [0.2, 0.25) is 0 Å². The van der Waals surface area contributed by atoms with E-state index in [0.717, 1.165) is 31.9 Å². The van der Waals surface area contributed by atoms with Crippen molar-refractivity contribution in [1.82, 2.24) is 4.98 Å². The molecule has 1 aromatic heterocycles. The van der Waals surface area contributed by atoms with Crippen molar-refractivity contribution in [2.75, 3.05) is 30.0 Å². The van der Waals surface area contributed by atoms with Gasteiger partial charge in [0.1, 0.15) is 11.6 Å². The Morgan fingerprint density at radius 2 is 2.47 bits per heavy atom. The Labute approximate surface area is 102 Å². The van der Waals surface area contributed by atoms with Crippen molar-refractivity contribution in [2.45, 2.75) is 25.9 Å². The van der Waals surface area contributed by atoms with Gasteiger partial charge in [-0.3, -0.25) is 0 Å². The van der Waals surface area contributed by atoms with Crippen molar-refractivity contribution >= 4 is 11.6 Å². The first-order valence-electron chi connectivity index (χ1n) is 6.13. The molecule has 1 saturated heterocycles. The molecule has 5 nitrogen and oxygen atoms in total. The Morgan fingerprint density at radius 3 is 3.12 bits per heavy atom. The molecule has 0 aliphatic carbocycles. The summed E-state index contributed by atoms with van der Waals surface area (Å²) in [5.74, 6) is 7.00. The van der Waals surface area contributed by atoms with Gasteiger partial charge in [-0.25, -0.2) is 10.8 Å². The molecule has 1 aromatic rings. The fourth-order valence-corrected chi connectivity index (χ4v) is 2.10. The second-order valence-electron chi connectivity index (χ2n) is 4.20. The third-order valence-electron chi connectivity index (χ3n) is 3.04. The Bertz CT molecular complexity index is 352. The average molecular weight is 236 g/mol. The van der Waals surface area contributed by atoms with E-state index in [0.29, 0.717) is 11.9 Å². The number of nitrogens with two attached hydrogens (primary N) is 1. The number of pyridine rings is 1. The summed E-state index contributed by atoms with van der Waals surface area (Å²) in [7, 11) is 0. The van der Waals surface area contributed by atoms with E-state index in [4.69, 9.17) is 10.6 Å². The lowest BCUT2D eigenvalue weighted by Gasteiger charge is -2.25. The van der Waals surface area contributed by atoms with E-state index in [9.17, 15) is 0 Å². The molecule has 0 saturated carbocycles. The molecule has 1 aliphatic rings. The summed E-state index contributed by atoms with van der Waals surface area (Å²) in [5, 5.41) is 0. The maximum Gasteiger partial charge on any atom is 0.142 e. The number of aromatic nitrogens is 1. The number of anilines is 2. The smallest absolute Gasteiger partial charge is 0.142 e. The van der Waals surface area contributed by atoms with E-state index < -0.39 is 0 Å². The standard InChI is InChI=1S/C12H20N4O/c1-2-16(9-10-5-4-8-17-10)12-7-3-6-11(14-12)15-13/h3,6-7,10H,2,4-5,8-9,13H2,1H3,(H,14,15). The van der Waals surface area contributed by atoms with Crippen molar-refractivity contribution in [3.63, 3.8) is 0 Å². The Kier molecular flexibility index (Phi) is 4.17. The molecule has 3 N–H and O–H groups in total. The van der Waals surface area contributed by atoms with Crippen LogP contribution in [0.4, 0.5) is 11.6 Å². The quantitative estimate of drug-likeness (QED) is 0.597. The largest absolute Gasteiger partial charge is 0.376 e. The first-order chi connectivity index (χ1) is 8.33. The molecule has 0 bridgehead atoms. The average Bonchev–Trinajstić information content (AvgIpc) is 2.89. The summed E-state index contributed by atoms with van der Waals surface area (Å²) < 4.78 is 5.65. The number of nitrogens with one attached hydrogen (secondary N) is 1. The zero-order valence-corrected chi connectivity index (χ0v) is 10.2. The molecule has 17 heavy (non-hydrogen) atoms.